The summed E-state index contributed by atoms with van der Waals surface area (Å²) in [5, 5.41) is 0.474. The molecule has 3 nitrogen and oxygen atoms in total. The van der Waals surface area contributed by atoms with E-state index in [9.17, 15) is 0 Å². The lowest BCUT2D eigenvalue weighted by Crippen LogP contribution is -1.99. The molecule has 0 radical (unpaired) electrons. The van der Waals surface area contributed by atoms with Crippen LogP contribution in [0, 0.1) is 20.8 Å². The lowest BCUT2D eigenvalue weighted by molar-refractivity contribution is 0.458. The van der Waals surface area contributed by atoms with E-state index in [1.54, 1.807) is 12.3 Å². The molecule has 0 atom stereocenters. The van der Waals surface area contributed by atoms with E-state index >= 15 is 0 Å². The predicted molar refractivity (Wildman–Crippen MR) is 77.9 cm³/mol. The molecule has 0 aliphatic carbocycles. The van der Waals surface area contributed by atoms with Crippen LogP contribution in [-0.4, -0.2) is 4.98 Å². The number of hydrogen-bond acceptors (Lipinski definition) is 3. The van der Waals surface area contributed by atoms with Gasteiger partial charge in [-0.3, -0.25) is 0 Å². The Labute approximate surface area is 118 Å². The lowest BCUT2D eigenvalue weighted by atomic mass is 10.1. The van der Waals surface area contributed by atoms with Gasteiger partial charge in [0, 0.05) is 12.7 Å². The summed E-state index contributed by atoms with van der Waals surface area (Å²) in [7, 11) is 0. The van der Waals surface area contributed by atoms with E-state index in [0.717, 1.165) is 22.4 Å². The van der Waals surface area contributed by atoms with E-state index < -0.39 is 0 Å². The van der Waals surface area contributed by atoms with Crippen LogP contribution in [0.15, 0.2) is 24.4 Å². The zero-order valence-electron chi connectivity index (χ0n) is 11.3. The van der Waals surface area contributed by atoms with Crippen molar-refractivity contribution in [2.45, 2.75) is 27.3 Å². The first-order chi connectivity index (χ1) is 9.01. The highest BCUT2D eigenvalue weighted by Gasteiger charge is 2.09. The molecule has 0 saturated heterocycles. The summed E-state index contributed by atoms with van der Waals surface area (Å²) < 4.78 is 5.82. The van der Waals surface area contributed by atoms with Gasteiger partial charge in [0.15, 0.2) is 0 Å². The van der Waals surface area contributed by atoms with Crippen LogP contribution in [0.5, 0.6) is 11.6 Å². The van der Waals surface area contributed by atoms with Crippen LogP contribution in [0.2, 0.25) is 5.02 Å². The second kappa shape index (κ2) is 5.59. The number of ether oxygens (including phenoxy) is 1. The van der Waals surface area contributed by atoms with Crippen molar-refractivity contribution in [1.29, 1.82) is 0 Å². The third-order valence-corrected chi connectivity index (χ3v) is 3.34. The average molecular weight is 277 g/mol. The molecule has 1 heterocycles. The Hall–Kier alpha value is -1.58. The van der Waals surface area contributed by atoms with Gasteiger partial charge in [-0.05, 0) is 55.2 Å². The maximum absolute atomic E-state index is 6.15. The number of aryl methyl sites for hydroxylation is 2. The number of nitrogens with zero attached hydrogens (tertiary/aromatic N) is 1. The fourth-order valence-electron chi connectivity index (χ4n) is 1.86. The first kappa shape index (κ1) is 13.8. The van der Waals surface area contributed by atoms with Crippen molar-refractivity contribution in [1.82, 2.24) is 4.98 Å². The number of benzene rings is 1. The van der Waals surface area contributed by atoms with Crippen LogP contribution in [-0.2, 0) is 6.54 Å². The Kier molecular flexibility index (Phi) is 4.08. The summed E-state index contributed by atoms with van der Waals surface area (Å²) >= 11 is 6.15. The fraction of sp³-hybridized carbons (Fsp3) is 0.267. The van der Waals surface area contributed by atoms with Crippen LogP contribution in [0.3, 0.4) is 0 Å². The lowest BCUT2D eigenvalue weighted by Gasteiger charge is -2.12. The standard InChI is InChI=1S/C15H17ClN2O/c1-9-4-10(2)11(3)14(5-9)19-15-13(16)6-12(7-17)8-18-15/h4-6,8H,7,17H2,1-3H3. The van der Waals surface area contributed by atoms with Gasteiger partial charge in [-0.1, -0.05) is 17.7 Å². The number of pyridine rings is 1. The summed E-state index contributed by atoms with van der Waals surface area (Å²) in [5.41, 5.74) is 9.85. The van der Waals surface area contributed by atoms with E-state index in [-0.39, 0.29) is 0 Å². The third-order valence-electron chi connectivity index (χ3n) is 3.07. The molecule has 0 saturated carbocycles. The van der Waals surface area contributed by atoms with Crippen molar-refractivity contribution < 1.29 is 4.74 Å². The van der Waals surface area contributed by atoms with Crippen LogP contribution < -0.4 is 10.5 Å². The molecule has 2 N–H and O–H groups in total. The maximum atomic E-state index is 6.15. The van der Waals surface area contributed by atoms with Gasteiger partial charge in [0.25, 0.3) is 0 Å². The number of rotatable bonds is 3. The van der Waals surface area contributed by atoms with Crippen LogP contribution in [0.4, 0.5) is 0 Å². The van der Waals surface area contributed by atoms with E-state index in [0.29, 0.717) is 17.4 Å². The number of aromatic nitrogens is 1. The predicted octanol–water partition coefficient (Wildman–Crippen LogP) is 3.91. The Bertz CT molecular complexity index is 611. The second-order valence-corrected chi connectivity index (χ2v) is 5.05. The van der Waals surface area contributed by atoms with Gasteiger partial charge in [-0.25, -0.2) is 4.98 Å². The maximum Gasteiger partial charge on any atom is 0.238 e. The molecule has 2 aromatic rings. The molecule has 2 rings (SSSR count). The van der Waals surface area contributed by atoms with Crippen LogP contribution in [0.1, 0.15) is 22.3 Å². The highest BCUT2D eigenvalue weighted by Crippen LogP contribution is 2.31. The number of nitrogens with two attached hydrogens (primary N) is 1. The van der Waals surface area contributed by atoms with Crippen LogP contribution in [0.25, 0.3) is 0 Å². The van der Waals surface area contributed by atoms with Gasteiger partial charge in [0.2, 0.25) is 5.88 Å². The van der Waals surface area contributed by atoms with Gasteiger partial charge in [0.05, 0.1) is 0 Å². The van der Waals surface area contributed by atoms with Crippen molar-refractivity contribution in [2.75, 3.05) is 0 Å². The minimum absolute atomic E-state index is 0.409. The molecular formula is C15H17ClN2O. The molecule has 1 aromatic heterocycles. The number of halogens is 1. The zero-order chi connectivity index (χ0) is 14.0. The molecule has 0 spiro atoms. The first-order valence-electron chi connectivity index (χ1n) is 6.11. The molecular weight excluding hydrogens is 260 g/mol. The summed E-state index contributed by atoms with van der Waals surface area (Å²) in [4.78, 5) is 4.21. The van der Waals surface area contributed by atoms with Gasteiger partial charge in [-0.2, -0.15) is 0 Å². The monoisotopic (exact) mass is 276 g/mol. The minimum Gasteiger partial charge on any atom is -0.437 e. The average Bonchev–Trinajstić information content (AvgIpc) is 2.37. The van der Waals surface area contributed by atoms with E-state index in [2.05, 4.69) is 18.0 Å². The molecule has 19 heavy (non-hydrogen) atoms. The van der Waals surface area contributed by atoms with E-state index in [1.807, 2.05) is 19.9 Å². The topological polar surface area (TPSA) is 48.1 Å². The highest BCUT2D eigenvalue weighted by atomic mass is 35.5. The summed E-state index contributed by atoms with van der Waals surface area (Å²) in [6, 6.07) is 5.88. The van der Waals surface area contributed by atoms with Gasteiger partial charge >= 0.3 is 0 Å². The summed E-state index contributed by atoms with van der Waals surface area (Å²) in [5.74, 6) is 1.19. The highest BCUT2D eigenvalue weighted by molar-refractivity contribution is 6.31. The second-order valence-electron chi connectivity index (χ2n) is 4.64. The van der Waals surface area contributed by atoms with Gasteiger partial charge in [0.1, 0.15) is 10.8 Å². The Morgan fingerprint density at radius 2 is 1.95 bits per heavy atom. The van der Waals surface area contributed by atoms with Crippen molar-refractivity contribution in [3.63, 3.8) is 0 Å². The minimum atomic E-state index is 0.409. The van der Waals surface area contributed by atoms with Crippen molar-refractivity contribution in [2.24, 2.45) is 5.73 Å². The SMILES string of the molecule is Cc1cc(C)c(C)c(Oc2ncc(CN)cc2Cl)c1. The molecule has 100 valence electrons. The number of hydrogen-bond donors (Lipinski definition) is 1. The molecule has 0 bridgehead atoms. The van der Waals surface area contributed by atoms with Crippen LogP contribution >= 0.6 is 11.6 Å². The molecule has 4 heteroatoms. The quantitative estimate of drug-likeness (QED) is 0.924. The van der Waals surface area contributed by atoms with Crippen molar-refractivity contribution in [3.05, 3.63) is 51.7 Å². The fourth-order valence-corrected chi connectivity index (χ4v) is 2.09. The molecule has 0 aliphatic rings. The van der Waals surface area contributed by atoms with Crippen molar-refractivity contribution in [3.8, 4) is 11.6 Å². The largest absolute Gasteiger partial charge is 0.437 e. The molecule has 0 unspecified atom stereocenters. The Balaban J connectivity index is 2.36. The zero-order valence-corrected chi connectivity index (χ0v) is 12.1. The normalized spacial score (nSPS) is 10.6. The summed E-state index contributed by atoms with van der Waals surface area (Å²) in [6.45, 7) is 6.52. The molecule has 1 aromatic carbocycles. The third kappa shape index (κ3) is 3.06. The van der Waals surface area contributed by atoms with Crippen molar-refractivity contribution >= 4 is 11.6 Å². The first-order valence-corrected chi connectivity index (χ1v) is 6.49. The van der Waals surface area contributed by atoms with E-state index in [1.165, 1.54) is 5.56 Å². The smallest absolute Gasteiger partial charge is 0.238 e. The van der Waals surface area contributed by atoms with Gasteiger partial charge in [-0.15, -0.1) is 0 Å². The van der Waals surface area contributed by atoms with Gasteiger partial charge < -0.3 is 10.5 Å². The van der Waals surface area contributed by atoms with E-state index in [4.69, 9.17) is 22.1 Å². The summed E-state index contributed by atoms with van der Waals surface area (Å²) in [6.07, 6.45) is 1.68. The molecule has 0 amide bonds. The Morgan fingerprint density at radius 3 is 2.58 bits per heavy atom. The Morgan fingerprint density at radius 1 is 1.21 bits per heavy atom. The molecule has 0 fully saturated rings. The molecule has 0 aliphatic heterocycles.